The second-order valence-electron chi connectivity index (χ2n) is 6.97. The van der Waals surface area contributed by atoms with Gasteiger partial charge in [0.15, 0.2) is 0 Å². The van der Waals surface area contributed by atoms with Crippen molar-refractivity contribution in [3.05, 3.63) is 101 Å². The van der Waals surface area contributed by atoms with Crippen molar-refractivity contribution in [2.24, 2.45) is 0 Å². The maximum atomic E-state index is 13.3. The van der Waals surface area contributed by atoms with Crippen LogP contribution in [0, 0.1) is 0 Å². The Balaban J connectivity index is 1.88. The van der Waals surface area contributed by atoms with Crippen molar-refractivity contribution in [3.63, 3.8) is 0 Å². The summed E-state index contributed by atoms with van der Waals surface area (Å²) in [5, 5.41) is 0. The van der Waals surface area contributed by atoms with E-state index in [9.17, 15) is 13.2 Å². The Morgan fingerprint density at radius 3 is 1.83 bits per heavy atom. The molecule has 0 spiro atoms. The standard InChI is InChI=1S/C23H23BrN2O3S/c1-30(28,29)26(22-14-8-13-21(24)15-22)18-23(27)25(16-19-9-4-2-5-10-19)17-20-11-6-3-7-12-20/h2-15H,16-18H2,1H3. The molecule has 0 aromatic heterocycles. The molecule has 0 bridgehead atoms. The van der Waals surface area contributed by atoms with Gasteiger partial charge in [-0.2, -0.15) is 0 Å². The molecule has 0 heterocycles. The number of carbonyl (C=O) groups is 1. The monoisotopic (exact) mass is 486 g/mol. The Morgan fingerprint density at radius 2 is 1.37 bits per heavy atom. The Bertz CT molecular complexity index is 1050. The van der Waals surface area contributed by atoms with Crippen molar-refractivity contribution < 1.29 is 13.2 Å². The minimum Gasteiger partial charge on any atom is -0.332 e. The van der Waals surface area contributed by atoms with E-state index < -0.39 is 10.0 Å². The molecule has 0 aliphatic rings. The molecule has 5 nitrogen and oxygen atoms in total. The number of hydrogen-bond acceptors (Lipinski definition) is 3. The third-order valence-corrected chi connectivity index (χ3v) is 6.19. The summed E-state index contributed by atoms with van der Waals surface area (Å²) in [4.78, 5) is 15.0. The van der Waals surface area contributed by atoms with Crippen molar-refractivity contribution in [1.82, 2.24) is 4.90 Å². The van der Waals surface area contributed by atoms with Gasteiger partial charge in [-0.3, -0.25) is 9.10 Å². The number of hydrogen-bond donors (Lipinski definition) is 0. The summed E-state index contributed by atoms with van der Waals surface area (Å²) in [7, 11) is -3.64. The van der Waals surface area contributed by atoms with E-state index in [2.05, 4.69) is 15.9 Å². The Hall–Kier alpha value is -2.64. The van der Waals surface area contributed by atoms with Gasteiger partial charge in [0.2, 0.25) is 15.9 Å². The van der Waals surface area contributed by atoms with Crippen LogP contribution in [0.15, 0.2) is 89.4 Å². The summed E-state index contributed by atoms with van der Waals surface area (Å²) >= 11 is 3.36. The molecule has 0 unspecified atom stereocenters. The molecule has 3 aromatic rings. The normalized spacial score (nSPS) is 11.1. The molecule has 0 saturated carbocycles. The summed E-state index contributed by atoms with van der Waals surface area (Å²) in [5.74, 6) is -0.270. The van der Waals surface area contributed by atoms with Gasteiger partial charge in [0.05, 0.1) is 11.9 Å². The summed E-state index contributed by atoms with van der Waals surface area (Å²) in [6, 6.07) is 26.3. The first-order valence-electron chi connectivity index (χ1n) is 9.42. The molecule has 0 fully saturated rings. The van der Waals surface area contributed by atoms with Crippen LogP contribution >= 0.6 is 15.9 Å². The van der Waals surface area contributed by atoms with Gasteiger partial charge in [-0.05, 0) is 29.3 Å². The lowest BCUT2D eigenvalue weighted by molar-refractivity contribution is -0.130. The predicted molar refractivity (Wildman–Crippen MR) is 123 cm³/mol. The maximum Gasteiger partial charge on any atom is 0.243 e. The summed E-state index contributed by atoms with van der Waals surface area (Å²) in [6.45, 7) is 0.518. The molecule has 0 atom stereocenters. The van der Waals surface area contributed by atoms with Crippen LogP contribution in [0.25, 0.3) is 0 Å². The van der Waals surface area contributed by atoms with Gasteiger partial charge in [0, 0.05) is 17.6 Å². The summed E-state index contributed by atoms with van der Waals surface area (Å²) < 4.78 is 26.8. The largest absolute Gasteiger partial charge is 0.332 e. The van der Waals surface area contributed by atoms with Crippen LogP contribution in [0.1, 0.15) is 11.1 Å². The zero-order valence-electron chi connectivity index (χ0n) is 16.6. The molecule has 30 heavy (non-hydrogen) atoms. The number of carbonyl (C=O) groups excluding carboxylic acids is 1. The van der Waals surface area contributed by atoms with E-state index >= 15 is 0 Å². The van der Waals surface area contributed by atoms with E-state index in [1.54, 1.807) is 23.1 Å². The summed E-state index contributed by atoms with van der Waals surface area (Å²) in [5.41, 5.74) is 2.41. The average Bonchev–Trinajstić information content (AvgIpc) is 2.72. The van der Waals surface area contributed by atoms with E-state index in [0.717, 1.165) is 26.2 Å². The van der Waals surface area contributed by atoms with Crippen LogP contribution in [0.2, 0.25) is 0 Å². The molecule has 3 aromatic carbocycles. The van der Waals surface area contributed by atoms with Crippen molar-refractivity contribution >= 4 is 37.5 Å². The van der Waals surface area contributed by atoms with Crippen LogP contribution < -0.4 is 4.31 Å². The van der Waals surface area contributed by atoms with Gasteiger partial charge >= 0.3 is 0 Å². The van der Waals surface area contributed by atoms with Crippen LogP contribution in [0.3, 0.4) is 0 Å². The number of rotatable bonds is 8. The smallest absolute Gasteiger partial charge is 0.243 e. The lowest BCUT2D eigenvalue weighted by Gasteiger charge is -2.28. The minimum absolute atomic E-state index is 0.269. The fraction of sp³-hybridized carbons (Fsp3) is 0.174. The number of halogens is 1. The van der Waals surface area contributed by atoms with Crippen molar-refractivity contribution in [2.45, 2.75) is 13.1 Å². The molecule has 1 amide bonds. The van der Waals surface area contributed by atoms with Crippen LogP contribution in [-0.4, -0.2) is 32.0 Å². The van der Waals surface area contributed by atoms with E-state index in [4.69, 9.17) is 0 Å². The van der Waals surface area contributed by atoms with E-state index in [1.807, 2.05) is 66.7 Å². The zero-order valence-corrected chi connectivity index (χ0v) is 19.0. The van der Waals surface area contributed by atoms with E-state index in [-0.39, 0.29) is 12.5 Å². The average molecular weight is 487 g/mol. The minimum atomic E-state index is -3.64. The zero-order chi connectivity index (χ0) is 21.6. The summed E-state index contributed by atoms with van der Waals surface area (Å²) in [6.07, 6.45) is 1.11. The van der Waals surface area contributed by atoms with Gasteiger partial charge in [-0.15, -0.1) is 0 Å². The Labute approximate surface area is 186 Å². The number of amides is 1. The molecule has 0 saturated heterocycles. The molecule has 7 heteroatoms. The third-order valence-electron chi connectivity index (χ3n) is 4.56. The topological polar surface area (TPSA) is 57.7 Å². The first-order chi connectivity index (χ1) is 14.3. The van der Waals surface area contributed by atoms with Gasteiger partial charge in [-0.25, -0.2) is 8.42 Å². The van der Waals surface area contributed by atoms with E-state index in [1.165, 1.54) is 0 Å². The lowest BCUT2D eigenvalue weighted by atomic mass is 10.1. The number of sulfonamides is 1. The number of benzene rings is 3. The second kappa shape index (κ2) is 9.91. The molecule has 0 N–H and O–H groups in total. The molecular weight excluding hydrogens is 464 g/mol. The molecule has 3 rings (SSSR count). The predicted octanol–water partition coefficient (Wildman–Crippen LogP) is 4.44. The Kier molecular flexibility index (Phi) is 7.29. The van der Waals surface area contributed by atoms with Crippen molar-refractivity contribution in [3.8, 4) is 0 Å². The molecule has 0 aliphatic carbocycles. The first kappa shape index (κ1) is 22.1. The third kappa shape index (κ3) is 6.18. The molecule has 0 aliphatic heterocycles. The lowest BCUT2D eigenvalue weighted by Crippen LogP contribution is -2.42. The van der Waals surface area contributed by atoms with E-state index in [0.29, 0.717) is 18.8 Å². The molecule has 0 radical (unpaired) electrons. The first-order valence-corrected chi connectivity index (χ1v) is 12.1. The van der Waals surface area contributed by atoms with Gasteiger partial charge in [0.1, 0.15) is 6.54 Å². The fourth-order valence-electron chi connectivity index (χ4n) is 3.09. The van der Waals surface area contributed by atoms with Crippen LogP contribution in [-0.2, 0) is 27.9 Å². The second-order valence-corrected chi connectivity index (χ2v) is 9.79. The van der Waals surface area contributed by atoms with Gasteiger partial charge in [-0.1, -0.05) is 82.7 Å². The highest BCUT2D eigenvalue weighted by atomic mass is 79.9. The molecular formula is C23H23BrN2O3S. The molecule has 156 valence electrons. The van der Waals surface area contributed by atoms with Crippen LogP contribution in [0.4, 0.5) is 5.69 Å². The fourth-order valence-corrected chi connectivity index (χ4v) is 4.32. The maximum absolute atomic E-state index is 13.3. The highest BCUT2D eigenvalue weighted by Gasteiger charge is 2.24. The van der Waals surface area contributed by atoms with Gasteiger partial charge < -0.3 is 4.90 Å². The highest BCUT2D eigenvalue weighted by molar-refractivity contribution is 9.10. The van der Waals surface area contributed by atoms with Crippen molar-refractivity contribution in [2.75, 3.05) is 17.1 Å². The SMILES string of the molecule is CS(=O)(=O)N(CC(=O)N(Cc1ccccc1)Cc1ccccc1)c1cccc(Br)c1. The van der Waals surface area contributed by atoms with Crippen molar-refractivity contribution in [1.29, 1.82) is 0 Å². The number of nitrogens with zero attached hydrogens (tertiary/aromatic N) is 2. The van der Waals surface area contributed by atoms with Gasteiger partial charge in [0.25, 0.3) is 0 Å². The highest BCUT2D eigenvalue weighted by Crippen LogP contribution is 2.22. The quantitative estimate of drug-likeness (QED) is 0.472. The Morgan fingerprint density at radius 1 is 0.833 bits per heavy atom. The van der Waals surface area contributed by atoms with Crippen LogP contribution in [0.5, 0.6) is 0 Å². The number of anilines is 1.